The van der Waals surface area contributed by atoms with Crippen molar-refractivity contribution in [1.82, 2.24) is 14.8 Å². The van der Waals surface area contributed by atoms with Crippen LogP contribution in [0.15, 0.2) is 15.8 Å². The first-order chi connectivity index (χ1) is 8.40. The summed E-state index contributed by atoms with van der Waals surface area (Å²) in [4.78, 5) is 24.3. The number of H-pyrrole nitrogens is 1. The van der Waals surface area contributed by atoms with Crippen LogP contribution in [0.1, 0.15) is 0 Å². The summed E-state index contributed by atoms with van der Waals surface area (Å²) in [6.07, 6.45) is -3.35. The molecule has 0 amide bonds. The van der Waals surface area contributed by atoms with Crippen LogP contribution in [-0.2, 0) is 9.79 Å². The number of aliphatic hydroxyl groups excluding tert-OH is 3. The maximum absolute atomic E-state index is 11.5. The van der Waals surface area contributed by atoms with Gasteiger partial charge in [-0.25, -0.2) is 4.79 Å². The number of aromatic amines is 1. The minimum Gasteiger partial charge on any atom is -0.394 e. The highest BCUT2D eigenvalue weighted by Crippen LogP contribution is 2.36. The largest absolute Gasteiger partial charge is 0.394 e. The average molecular weight is 277 g/mol. The highest BCUT2D eigenvalue weighted by molar-refractivity contribution is 7.81. The summed E-state index contributed by atoms with van der Waals surface area (Å²) >= 11 is 3.98. The summed E-state index contributed by atoms with van der Waals surface area (Å²) in [5.41, 5.74) is -1.68. The van der Waals surface area contributed by atoms with Gasteiger partial charge in [0.15, 0.2) is 0 Å². The second-order valence-electron chi connectivity index (χ2n) is 3.78. The Morgan fingerprint density at radius 3 is 2.72 bits per heavy atom. The third-order valence-electron chi connectivity index (χ3n) is 2.61. The predicted molar refractivity (Wildman–Crippen MR) is 60.1 cm³/mol. The minimum atomic E-state index is -1.96. The zero-order valence-electron chi connectivity index (χ0n) is 8.92. The van der Waals surface area contributed by atoms with Crippen molar-refractivity contribution in [2.24, 2.45) is 0 Å². The number of aromatic nitrogens is 3. The van der Waals surface area contributed by atoms with Crippen molar-refractivity contribution in [3.05, 3.63) is 27.0 Å². The van der Waals surface area contributed by atoms with E-state index in [4.69, 9.17) is 9.84 Å². The Balaban J connectivity index is 2.49. The molecule has 1 aliphatic heterocycles. The van der Waals surface area contributed by atoms with Gasteiger partial charge in [-0.3, -0.25) is 9.78 Å². The maximum Gasteiger partial charge on any atom is 0.348 e. The molecule has 0 aliphatic carbocycles. The quantitative estimate of drug-likeness (QED) is 0.355. The smallest absolute Gasteiger partial charge is 0.348 e. The van der Waals surface area contributed by atoms with Gasteiger partial charge < -0.3 is 20.1 Å². The number of thiol groups is 1. The summed E-state index contributed by atoms with van der Waals surface area (Å²) < 4.78 is 5.71. The lowest BCUT2D eigenvalue weighted by Crippen LogP contribution is -2.49. The fourth-order valence-electron chi connectivity index (χ4n) is 1.69. The molecule has 0 unspecified atom stereocenters. The van der Waals surface area contributed by atoms with E-state index in [9.17, 15) is 19.8 Å². The van der Waals surface area contributed by atoms with E-state index in [0.717, 1.165) is 6.20 Å². The van der Waals surface area contributed by atoms with Crippen LogP contribution in [0.2, 0.25) is 0 Å². The van der Waals surface area contributed by atoms with Crippen molar-refractivity contribution in [2.45, 2.75) is 23.4 Å². The van der Waals surface area contributed by atoms with Crippen molar-refractivity contribution < 1.29 is 20.1 Å². The zero-order valence-corrected chi connectivity index (χ0v) is 9.82. The Labute approximate surface area is 105 Å². The molecule has 9 nitrogen and oxygen atoms in total. The summed E-state index contributed by atoms with van der Waals surface area (Å²) in [6.45, 7) is -0.571. The van der Waals surface area contributed by atoms with E-state index in [1.165, 1.54) is 0 Å². The van der Waals surface area contributed by atoms with Gasteiger partial charge in [0.1, 0.15) is 24.5 Å². The fraction of sp³-hybridized carbons (Fsp3) is 0.625. The molecule has 2 rings (SSSR count). The maximum atomic E-state index is 11.5. The molecule has 2 heterocycles. The first-order valence-corrected chi connectivity index (χ1v) is 5.41. The van der Waals surface area contributed by atoms with Gasteiger partial charge in [0.05, 0.1) is 6.61 Å². The van der Waals surface area contributed by atoms with Gasteiger partial charge in [-0.15, -0.1) is 12.6 Å². The lowest BCUT2D eigenvalue weighted by atomic mass is 10.1. The highest BCUT2D eigenvalue weighted by Gasteiger charge is 2.54. The SMILES string of the molecule is O=c1cnn([C@]2(S)O[C@H](CO)[C@@H](O)[C@H]2O)c(=O)[nH]1. The number of hydrogen-bond donors (Lipinski definition) is 5. The molecule has 1 aromatic heterocycles. The third kappa shape index (κ3) is 1.87. The van der Waals surface area contributed by atoms with E-state index in [-0.39, 0.29) is 0 Å². The van der Waals surface area contributed by atoms with Crippen LogP contribution in [-0.4, -0.2) is 55.0 Å². The molecular weight excluding hydrogens is 266 g/mol. The standard InChI is InChI=1S/C8H11N3O6S/c12-2-3-5(14)6(15)8(18,17-3)11-7(16)10-4(13)1-9-11/h1,3,5-6,12,14-15,18H,2H2,(H,10,13,16)/t3-,5-,6-,8+/m1/s1. The number of hydrogen-bond acceptors (Lipinski definition) is 8. The molecule has 0 saturated carbocycles. The van der Waals surface area contributed by atoms with Crippen LogP contribution in [0.3, 0.4) is 0 Å². The summed E-state index contributed by atoms with van der Waals surface area (Å²) in [7, 11) is 0. The summed E-state index contributed by atoms with van der Waals surface area (Å²) in [5.74, 6) is 0. The Morgan fingerprint density at radius 2 is 2.22 bits per heavy atom. The van der Waals surface area contributed by atoms with Gasteiger partial charge >= 0.3 is 5.69 Å². The molecule has 4 atom stereocenters. The van der Waals surface area contributed by atoms with Crippen molar-refractivity contribution in [1.29, 1.82) is 0 Å². The first-order valence-electron chi connectivity index (χ1n) is 4.96. The molecule has 4 N–H and O–H groups in total. The Bertz CT molecular complexity index is 558. The molecule has 1 aromatic rings. The molecule has 10 heteroatoms. The lowest BCUT2D eigenvalue weighted by molar-refractivity contribution is -0.0880. The molecule has 1 fully saturated rings. The Kier molecular flexibility index (Phi) is 3.29. The minimum absolute atomic E-state index is 0.571. The Morgan fingerprint density at radius 1 is 1.56 bits per heavy atom. The highest BCUT2D eigenvalue weighted by atomic mass is 32.1. The number of aliphatic hydroxyl groups is 3. The molecule has 0 aromatic carbocycles. The van der Waals surface area contributed by atoms with Crippen LogP contribution in [0.5, 0.6) is 0 Å². The number of nitrogens with one attached hydrogen (secondary N) is 1. The predicted octanol–water partition coefficient (Wildman–Crippen LogP) is -3.42. The van der Waals surface area contributed by atoms with Gasteiger partial charge in [0.2, 0.25) is 5.06 Å². The van der Waals surface area contributed by atoms with E-state index in [1.807, 2.05) is 4.98 Å². The van der Waals surface area contributed by atoms with Gasteiger partial charge in [0, 0.05) is 0 Å². The zero-order chi connectivity index (χ0) is 13.5. The topological polar surface area (TPSA) is 138 Å². The van der Waals surface area contributed by atoms with E-state index in [0.29, 0.717) is 4.68 Å². The molecule has 100 valence electrons. The fourth-order valence-corrected chi connectivity index (χ4v) is 2.12. The van der Waals surface area contributed by atoms with Crippen LogP contribution < -0.4 is 11.2 Å². The van der Waals surface area contributed by atoms with Crippen molar-refractivity contribution >= 4 is 12.6 Å². The third-order valence-corrected chi connectivity index (χ3v) is 3.17. The van der Waals surface area contributed by atoms with E-state index < -0.39 is 41.2 Å². The van der Waals surface area contributed by atoms with Crippen molar-refractivity contribution in [3.63, 3.8) is 0 Å². The van der Waals surface area contributed by atoms with Crippen LogP contribution >= 0.6 is 12.6 Å². The summed E-state index contributed by atoms with van der Waals surface area (Å²) in [5, 5.41) is 29.9. The van der Waals surface area contributed by atoms with Crippen LogP contribution in [0, 0.1) is 0 Å². The van der Waals surface area contributed by atoms with Gasteiger partial charge in [-0.05, 0) is 0 Å². The number of nitrogens with zero attached hydrogens (tertiary/aromatic N) is 2. The molecule has 18 heavy (non-hydrogen) atoms. The number of ether oxygens (including phenoxy) is 1. The van der Waals surface area contributed by atoms with Crippen molar-refractivity contribution in [3.8, 4) is 0 Å². The summed E-state index contributed by atoms with van der Waals surface area (Å²) in [6, 6.07) is 0. The van der Waals surface area contributed by atoms with Crippen LogP contribution in [0.4, 0.5) is 0 Å². The van der Waals surface area contributed by atoms with E-state index in [1.54, 1.807) is 0 Å². The molecule has 1 aliphatic rings. The first kappa shape index (κ1) is 13.2. The average Bonchev–Trinajstić information content (AvgIpc) is 2.54. The molecular formula is C8H11N3O6S. The molecule has 0 radical (unpaired) electrons. The monoisotopic (exact) mass is 277 g/mol. The lowest BCUT2D eigenvalue weighted by Gasteiger charge is -2.26. The molecule has 0 spiro atoms. The van der Waals surface area contributed by atoms with E-state index >= 15 is 0 Å². The van der Waals surface area contributed by atoms with E-state index in [2.05, 4.69) is 17.7 Å². The van der Waals surface area contributed by atoms with Gasteiger partial charge in [-0.1, -0.05) is 0 Å². The van der Waals surface area contributed by atoms with Gasteiger partial charge in [-0.2, -0.15) is 9.78 Å². The molecule has 0 bridgehead atoms. The normalized spacial score (nSPS) is 35.9. The van der Waals surface area contributed by atoms with Gasteiger partial charge in [0.25, 0.3) is 5.56 Å². The second-order valence-corrected chi connectivity index (χ2v) is 4.42. The van der Waals surface area contributed by atoms with Crippen LogP contribution in [0.25, 0.3) is 0 Å². The van der Waals surface area contributed by atoms with Crippen molar-refractivity contribution in [2.75, 3.05) is 6.61 Å². The Hall–Kier alpha value is -1.20. The second kappa shape index (κ2) is 4.48. The molecule has 1 saturated heterocycles. The number of rotatable bonds is 2.